The van der Waals surface area contributed by atoms with Crippen LogP contribution in [0.1, 0.15) is 48.1 Å². The lowest BCUT2D eigenvalue weighted by Gasteiger charge is -2.20. The van der Waals surface area contributed by atoms with Crippen LogP contribution in [0.3, 0.4) is 0 Å². The summed E-state index contributed by atoms with van der Waals surface area (Å²) < 4.78 is 18.9. The average molecular weight is 402 g/mol. The first-order valence-corrected chi connectivity index (χ1v) is 9.43. The highest BCUT2D eigenvalue weighted by Gasteiger charge is 2.27. The molecule has 0 saturated heterocycles. The van der Waals surface area contributed by atoms with Crippen LogP contribution in [0.15, 0.2) is 47.0 Å². The fraction of sp³-hybridized carbons (Fsp3) is 0.286. The maximum absolute atomic E-state index is 13.4. The van der Waals surface area contributed by atoms with Crippen molar-refractivity contribution in [1.82, 2.24) is 15.5 Å². The quantitative estimate of drug-likeness (QED) is 0.604. The summed E-state index contributed by atoms with van der Waals surface area (Å²) >= 11 is 6.18. The molecule has 3 aromatic rings. The molecule has 146 valence electrons. The molecule has 2 atom stereocenters. The summed E-state index contributed by atoms with van der Waals surface area (Å²) in [5.41, 5.74) is 1.91. The van der Waals surface area contributed by atoms with Crippen molar-refractivity contribution in [1.29, 1.82) is 0 Å². The van der Waals surface area contributed by atoms with E-state index in [0.717, 1.165) is 17.5 Å². The number of amides is 1. The monoisotopic (exact) mass is 401 g/mol. The molecule has 28 heavy (non-hydrogen) atoms. The van der Waals surface area contributed by atoms with Gasteiger partial charge in [0.1, 0.15) is 11.9 Å². The Kier molecular flexibility index (Phi) is 6.09. The minimum absolute atomic E-state index is 0.0346. The molecule has 7 heteroatoms. The maximum atomic E-state index is 13.4. The average Bonchev–Trinajstić information content (AvgIpc) is 3.17. The van der Waals surface area contributed by atoms with Gasteiger partial charge in [-0.2, -0.15) is 4.98 Å². The van der Waals surface area contributed by atoms with E-state index in [-0.39, 0.29) is 11.5 Å². The van der Waals surface area contributed by atoms with E-state index in [1.54, 1.807) is 12.1 Å². The molecular formula is C21H21ClFN3O2. The highest BCUT2D eigenvalue weighted by molar-refractivity contribution is 6.31. The summed E-state index contributed by atoms with van der Waals surface area (Å²) in [5.74, 6) is -0.143. The van der Waals surface area contributed by atoms with E-state index >= 15 is 0 Å². The van der Waals surface area contributed by atoms with Crippen molar-refractivity contribution in [2.45, 2.75) is 33.2 Å². The van der Waals surface area contributed by atoms with Crippen LogP contribution in [0.25, 0.3) is 11.4 Å². The van der Waals surface area contributed by atoms with E-state index in [1.165, 1.54) is 18.2 Å². The van der Waals surface area contributed by atoms with Gasteiger partial charge in [-0.15, -0.1) is 0 Å². The first kappa shape index (κ1) is 20.0. The Balaban J connectivity index is 1.87. The van der Waals surface area contributed by atoms with Crippen molar-refractivity contribution >= 4 is 17.5 Å². The van der Waals surface area contributed by atoms with Crippen molar-refractivity contribution in [2.24, 2.45) is 5.92 Å². The van der Waals surface area contributed by atoms with Gasteiger partial charge in [0.15, 0.2) is 0 Å². The number of aryl methyl sites for hydroxylation is 1. The molecule has 0 radical (unpaired) electrons. The van der Waals surface area contributed by atoms with Crippen molar-refractivity contribution < 1.29 is 13.7 Å². The van der Waals surface area contributed by atoms with Crippen molar-refractivity contribution in [3.8, 4) is 11.4 Å². The van der Waals surface area contributed by atoms with Gasteiger partial charge in [0.05, 0.1) is 0 Å². The molecule has 0 bridgehead atoms. The van der Waals surface area contributed by atoms with Crippen LogP contribution < -0.4 is 5.32 Å². The second-order valence-corrected chi connectivity index (χ2v) is 7.17. The summed E-state index contributed by atoms with van der Waals surface area (Å²) in [6, 6.07) is 10.5. The number of aromatic nitrogens is 2. The van der Waals surface area contributed by atoms with E-state index in [4.69, 9.17) is 16.1 Å². The molecule has 0 saturated carbocycles. The van der Waals surface area contributed by atoms with E-state index < -0.39 is 17.8 Å². The Morgan fingerprint density at radius 2 is 2.07 bits per heavy atom. The van der Waals surface area contributed by atoms with Gasteiger partial charge in [-0.3, -0.25) is 4.79 Å². The van der Waals surface area contributed by atoms with E-state index in [0.29, 0.717) is 16.7 Å². The Morgan fingerprint density at radius 3 is 2.75 bits per heavy atom. The summed E-state index contributed by atoms with van der Waals surface area (Å²) in [5, 5.41) is 7.53. The van der Waals surface area contributed by atoms with Crippen LogP contribution in [0.2, 0.25) is 5.02 Å². The van der Waals surface area contributed by atoms with E-state index in [9.17, 15) is 9.18 Å². The van der Waals surface area contributed by atoms with Crippen LogP contribution in [0, 0.1) is 18.7 Å². The minimum atomic E-state index is -0.497. The normalized spacial score (nSPS) is 13.2. The molecule has 0 spiro atoms. The molecule has 0 aliphatic rings. The van der Waals surface area contributed by atoms with Gasteiger partial charge in [0.2, 0.25) is 11.7 Å². The minimum Gasteiger partial charge on any atom is -0.340 e. The highest BCUT2D eigenvalue weighted by atomic mass is 35.5. The first-order valence-electron chi connectivity index (χ1n) is 9.05. The second kappa shape index (κ2) is 8.52. The van der Waals surface area contributed by atoms with Crippen molar-refractivity contribution in [3.05, 3.63) is 70.3 Å². The fourth-order valence-electron chi connectivity index (χ4n) is 2.75. The van der Waals surface area contributed by atoms with Gasteiger partial charge >= 0.3 is 0 Å². The van der Waals surface area contributed by atoms with Crippen LogP contribution in [-0.2, 0) is 0 Å². The van der Waals surface area contributed by atoms with Crippen LogP contribution in [0.4, 0.5) is 4.39 Å². The predicted octanol–water partition coefficient (Wildman–Crippen LogP) is 5.35. The molecule has 0 fully saturated rings. The zero-order valence-corrected chi connectivity index (χ0v) is 16.6. The molecule has 2 aromatic carbocycles. The topological polar surface area (TPSA) is 68.0 Å². The molecule has 1 amide bonds. The zero-order valence-electron chi connectivity index (χ0n) is 15.9. The molecule has 1 aromatic heterocycles. The summed E-state index contributed by atoms with van der Waals surface area (Å²) in [6.45, 7) is 5.89. The second-order valence-electron chi connectivity index (χ2n) is 6.77. The lowest BCUT2D eigenvalue weighted by atomic mass is 9.98. The fourth-order valence-corrected chi connectivity index (χ4v) is 2.93. The van der Waals surface area contributed by atoms with Gasteiger partial charge in [0.25, 0.3) is 5.91 Å². The maximum Gasteiger partial charge on any atom is 0.252 e. The van der Waals surface area contributed by atoms with E-state index in [1.807, 2.05) is 32.9 Å². The molecular weight excluding hydrogens is 381 g/mol. The van der Waals surface area contributed by atoms with Gasteiger partial charge < -0.3 is 9.84 Å². The molecule has 3 rings (SSSR count). The van der Waals surface area contributed by atoms with Crippen molar-refractivity contribution in [3.63, 3.8) is 0 Å². The third kappa shape index (κ3) is 4.39. The standard InChI is InChI=1S/C21H21ClFN3O2/c1-4-12(2)18(24-20(27)15-6-5-7-16(23)10-15)21-25-19(26-28-21)14-9-8-13(3)17(22)11-14/h5-12,18H,4H2,1-3H3,(H,24,27)/t12-,18+/m1/s1. The molecule has 5 nitrogen and oxygen atoms in total. The number of hydrogen-bond acceptors (Lipinski definition) is 4. The lowest BCUT2D eigenvalue weighted by Crippen LogP contribution is -2.32. The third-order valence-corrected chi connectivity index (χ3v) is 5.13. The Hall–Kier alpha value is -2.73. The molecule has 0 unspecified atom stereocenters. The van der Waals surface area contributed by atoms with Crippen LogP contribution in [-0.4, -0.2) is 16.0 Å². The Morgan fingerprint density at radius 1 is 1.29 bits per heavy atom. The molecule has 0 aliphatic heterocycles. The number of benzene rings is 2. The zero-order chi connectivity index (χ0) is 20.3. The number of nitrogens with one attached hydrogen (secondary N) is 1. The third-order valence-electron chi connectivity index (χ3n) is 4.72. The Labute approximate surface area is 167 Å². The van der Waals surface area contributed by atoms with Crippen LogP contribution >= 0.6 is 11.6 Å². The SMILES string of the molecule is CC[C@@H](C)[C@H](NC(=O)c1cccc(F)c1)c1nc(-c2ccc(C)c(Cl)c2)no1. The number of hydrogen-bond donors (Lipinski definition) is 1. The Bertz CT molecular complexity index is 989. The van der Waals surface area contributed by atoms with E-state index in [2.05, 4.69) is 15.5 Å². The number of carbonyl (C=O) groups excluding carboxylic acids is 1. The molecule has 1 N–H and O–H groups in total. The number of carbonyl (C=O) groups is 1. The molecule has 1 heterocycles. The predicted molar refractivity (Wildman–Crippen MR) is 106 cm³/mol. The van der Waals surface area contributed by atoms with Crippen LogP contribution in [0.5, 0.6) is 0 Å². The number of rotatable bonds is 6. The summed E-state index contributed by atoms with van der Waals surface area (Å²) in [7, 11) is 0. The molecule has 0 aliphatic carbocycles. The summed E-state index contributed by atoms with van der Waals surface area (Å²) in [6.07, 6.45) is 0.780. The lowest BCUT2D eigenvalue weighted by molar-refractivity contribution is 0.0909. The largest absolute Gasteiger partial charge is 0.340 e. The van der Waals surface area contributed by atoms with Gasteiger partial charge in [-0.05, 0) is 42.7 Å². The number of nitrogens with zero attached hydrogens (tertiary/aromatic N) is 2. The van der Waals surface area contributed by atoms with Crippen molar-refractivity contribution in [2.75, 3.05) is 0 Å². The number of halogens is 2. The first-order chi connectivity index (χ1) is 13.4. The van der Waals surface area contributed by atoms with Gasteiger partial charge in [-0.1, -0.05) is 55.2 Å². The highest BCUT2D eigenvalue weighted by Crippen LogP contribution is 2.28. The van der Waals surface area contributed by atoms with Gasteiger partial charge in [-0.25, -0.2) is 4.39 Å². The smallest absolute Gasteiger partial charge is 0.252 e. The van der Waals surface area contributed by atoms with Gasteiger partial charge in [0, 0.05) is 16.1 Å². The summed E-state index contributed by atoms with van der Waals surface area (Å²) in [4.78, 5) is 17.0.